The summed E-state index contributed by atoms with van der Waals surface area (Å²) in [5, 5.41) is 19.5. The largest absolute Gasteiger partial charge is 0.508 e. The lowest BCUT2D eigenvalue weighted by molar-refractivity contribution is 0.214. The first-order chi connectivity index (χ1) is 7.77. The number of phenolic OH excluding ortho intramolecular Hbond substituents is 1. The Bertz CT molecular complexity index is 451. The smallest absolute Gasteiger partial charge is 0.119 e. The van der Waals surface area contributed by atoms with Crippen molar-refractivity contribution in [1.29, 1.82) is 0 Å². The first-order valence-electron chi connectivity index (χ1n) is 5.13. The van der Waals surface area contributed by atoms with Crippen molar-refractivity contribution in [3.63, 3.8) is 0 Å². The number of para-hydroxylation sites is 1. The second-order valence-corrected chi connectivity index (χ2v) is 3.58. The summed E-state index contributed by atoms with van der Waals surface area (Å²) in [6.07, 6.45) is 0.930. The molecule has 0 spiro atoms. The van der Waals surface area contributed by atoms with Crippen molar-refractivity contribution in [2.24, 2.45) is 0 Å². The van der Waals surface area contributed by atoms with E-state index in [-0.39, 0.29) is 5.75 Å². The molecule has 0 aliphatic heterocycles. The number of hydrogen-bond acceptors (Lipinski definition) is 2. The maximum atomic E-state index is 9.93. The van der Waals surface area contributed by atoms with Gasteiger partial charge in [0.1, 0.15) is 5.75 Å². The third kappa shape index (κ3) is 2.41. The molecule has 2 nitrogen and oxygen atoms in total. The Balaban J connectivity index is 2.14. The highest BCUT2D eigenvalue weighted by molar-refractivity contribution is 5.39. The van der Waals surface area contributed by atoms with E-state index in [9.17, 15) is 10.2 Å². The molecule has 0 bridgehead atoms. The SMILES string of the molecule is Oc1ccccc1[CH]C(O)c1ccccc1. The third-order valence-electron chi connectivity index (χ3n) is 2.42. The Kier molecular flexibility index (Phi) is 3.22. The minimum atomic E-state index is -0.700. The number of hydrogen-bond donors (Lipinski definition) is 2. The average molecular weight is 213 g/mol. The van der Waals surface area contributed by atoms with Crippen molar-refractivity contribution in [2.75, 3.05) is 0 Å². The molecule has 2 N–H and O–H groups in total. The molecule has 0 aliphatic rings. The highest BCUT2D eigenvalue weighted by Crippen LogP contribution is 2.25. The molecule has 2 aromatic rings. The van der Waals surface area contributed by atoms with Gasteiger partial charge in [0.2, 0.25) is 0 Å². The lowest BCUT2D eigenvalue weighted by atomic mass is 10.0. The standard InChI is InChI=1S/C14H13O2/c15-13-9-5-4-8-12(13)10-14(16)11-6-2-1-3-7-11/h1-10,14-16H. The Hall–Kier alpha value is -1.80. The van der Waals surface area contributed by atoms with Gasteiger partial charge in [0.25, 0.3) is 0 Å². The van der Waals surface area contributed by atoms with E-state index in [1.807, 2.05) is 36.4 Å². The zero-order chi connectivity index (χ0) is 11.4. The van der Waals surface area contributed by atoms with E-state index < -0.39 is 6.10 Å². The fourth-order valence-corrected chi connectivity index (χ4v) is 1.54. The summed E-state index contributed by atoms with van der Waals surface area (Å²) < 4.78 is 0. The third-order valence-corrected chi connectivity index (χ3v) is 2.42. The molecule has 0 heterocycles. The van der Waals surface area contributed by atoms with Crippen LogP contribution in [0.3, 0.4) is 0 Å². The van der Waals surface area contributed by atoms with Crippen LogP contribution in [0, 0.1) is 6.42 Å². The Morgan fingerprint density at radius 3 is 2.19 bits per heavy atom. The van der Waals surface area contributed by atoms with Gasteiger partial charge in [0.15, 0.2) is 0 Å². The number of aliphatic hydroxyl groups is 1. The van der Waals surface area contributed by atoms with Gasteiger partial charge in [-0.2, -0.15) is 0 Å². The van der Waals surface area contributed by atoms with Crippen LogP contribution in [-0.4, -0.2) is 10.2 Å². The van der Waals surface area contributed by atoms with Gasteiger partial charge in [-0.15, -0.1) is 0 Å². The highest BCUT2D eigenvalue weighted by atomic mass is 16.3. The van der Waals surface area contributed by atoms with Crippen molar-refractivity contribution < 1.29 is 10.2 Å². The number of phenols is 1. The first kappa shape index (κ1) is 10.7. The summed E-state index contributed by atoms with van der Waals surface area (Å²) in [5.41, 5.74) is 1.45. The van der Waals surface area contributed by atoms with Gasteiger partial charge in [-0.3, -0.25) is 0 Å². The van der Waals surface area contributed by atoms with Gasteiger partial charge in [0.05, 0.1) is 6.10 Å². The van der Waals surface area contributed by atoms with E-state index in [0.717, 1.165) is 5.56 Å². The second kappa shape index (κ2) is 4.81. The van der Waals surface area contributed by atoms with Gasteiger partial charge in [-0.1, -0.05) is 48.5 Å². The minimum Gasteiger partial charge on any atom is -0.508 e. The van der Waals surface area contributed by atoms with Crippen molar-refractivity contribution in [2.45, 2.75) is 6.10 Å². The number of rotatable bonds is 3. The molecule has 0 amide bonds. The summed E-state index contributed by atoms with van der Waals surface area (Å²) in [6.45, 7) is 0. The lowest BCUT2D eigenvalue weighted by Crippen LogP contribution is -1.99. The Morgan fingerprint density at radius 2 is 1.50 bits per heavy atom. The van der Waals surface area contributed by atoms with Crippen LogP contribution in [0.4, 0.5) is 0 Å². The zero-order valence-electron chi connectivity index (χ0n) is 8.75. The summed E-state index contributed by atoms with van der Waals surface area (Å²) in [7, 11) is 0. The zero-order valence-corrected chi connectivity index (χ0v) is 8.75. The topological polar surface area (TPSA) is 40.5 Å². The van der Waals surface area contributed by atoms with E-state index in [1.54, 1.807) is 24.6 Å². The highest BCUT2D eigenvalue weighted by Gasteiger charge is 2.10. The predicted octanol–water partition coefficient (Wildman–Crippen LogP) is 2.68. The predicted molar refractivity (Wildman–Crippen MR) is 62.9 cm³/mol. The van der Waals surface area contributed by atoms with E-state index in [1.165, 1.54) is 0 Å². The molecule has 0 fully saturated rings. The van der Waals surface area contributed by atoms with E-state index in [2.05, 4.69) is 0 Å². The minimum absolute atomic E-state index is 0.178. The molecule has 0 saturated heterocycles. The van der Waals surface area contributed by atoms with Crippen LogP contribution in [0.1, 0.15) is 17.2 Å². The maximum Gasteiger partial charge on any atom is 0.119 e. The second-order valence-electron chi connectivity index (χ2n) is 3.58. The van der Waals surface area contributed by atoms with Crippen LogP contribution in [-0.2, 0) is 0 Å². The normalized spacial score (nSPS) is 12.3. The monoisotopic (exact) mass is 213 g/mol. The molecule has 0 aromatic heterocycles. The average Bonchev–Trinajstić information content (AvgIpc) is 2.33. The Labute approximate surface area is 94.8 Å². The van der Waals surface area contributed by atoms with Crippen molar-refractivity contribution in [3.8, 4) is 5.75 Å². The van der Waals surface area contributed by atoms with Crippen LogP contribution in [0.15, 0.2) is 54.6 Å². The van der Waals surface area contributed by atoms with E-state index >= 15 is 0 Å². The van der Waals surface area contributed by atoms with Gasteiger partial charge in [-0.25, -0.2) is 0 Å². The Morgan fingerprint density at radius 1 is 0.875 bits per heavy atom. The number of benzene rings is 2. The van der Waals surface area contributed by atoms with Gasteiger partial charge in [0, 0.05) is 12.0 Å². The molecule has 1 atom stereocenters. The number of aliphatic hydroxyl groups excluding tert-OH is 1. The molecular formula is C14H13O2. The van der Waals surface area contributed by atoms with Crippen molar-refractivity contribution in [3.05, 3.63) is 72.1 Å². The van der Waals surface area contributed by atoms with E-state index in [4.69, 9.17) is 0 Å². The van der Waals surface area contributed by atoms with Crippen LogP contribution in [0.2, 0.25) is 0 Å². The summed E-state index contributed by atoms with van der Waals surface area (Å²) in [5.74, 6) is 0.178. The maximum absolute atomic E-state index is 9.93. The molecule has 16 heavy (non-hydrogen) atoms. The first-order valence-corrected chi connectivity index (χ1v) is 5.13. The molecule has 2 rings (SSSR count). The van der Waals surface area contributed by atoms with Crippen molar-refractivity contribution in [1.82, 2.24) is 0 Å². The van der Waals surface area contributed by atoms with Crippen LogP contribution in [0.5, 0.6) is 5.75 Å². The molecule has 2 aromatic carbocycles. The molecule has 1 unspecified atom stereocenters. The molecule has 0 saturated carbocycles. The van der Waals surface area contributed by atoms with Gasteiger partial charge < -0.3 is 10.2 Å². The van der Waals surface area contributed by atoms with E-state index in [0.29, 0.717) is 5.56 Å². The summed E-state index contributed by atoms with van der Waals surface area (Å²) in [6, 6.07) is 16.3. The summed E-state index contributed by atoms with van der Waals surface area (Å²) in [4.78, 5) is 0. The van der Waals surface area contributed by atoms with Crippen molar-refractivity contribution >= 4 is 0 Å². The fraction of sp³-hybridized carbons (Fsp3) is 0.0714. The van der Waals surface area contributed by atoms with Crippen LogP contribution < -0.4 is 0 Å². The van der Waals surface area contributed by atoms with Gasteiger partial charge in [-0.05, 0) is 11.6 Å². The lowest BCUT2D eigenvalue weighted by Gasteiger charge is -2.11. The molecule has 81 valence electrons. The number of aromatic hydroxyl groups is 1. The quantitative estimate of drug-likeness (QED) is 0.823. The van der Waals surface area contributed by atoms with Crippen LogP contribution in [0.25, 0.3) is 0 Å². The molecule has 2 heteroatoms. The van der Waals surface area contributed by atoms with Crippen LogP contribution >= 0.6 is 0 Å². The van der Waals surface area contributed by atoms with Gasteiger partial charge >= 0.3 is 0 Å². The fourth-order valence-electron chi connectivity index (χ4n) is 1.54. The molecule has 1 radical (unpaired) electrons. The molecular weight excluding hydrogens is 200 g/mol. The molecule has 0 aliphatic carbocycles. The summed E-state index contributed by atoms with van der Waals surface area (Å²) >= 11 is 0.